The van der Waals surface area contributed by atoms with Crippen LogP contribution in [-0.4, -0.2) is 9.52 Å². The van der Waals surface area contributed by atoms with Crippen LogP contribution in [0.5, 0.6) is 0 Å². The minimum Gasteiger partial charge on any atom is -0.174 e. The van der Waals surface area contributed by atoms with Gasteiger partial charge >= 0.3 is 0 Å². The zero-order valence-electron chi connectivity index (χ0n) is 4.04. The number of allylic oxidation sites excluding steroid dienone is 1. The summed E-state index contributed by atoms with van der Waals surface area (Å²) in [4.78, 5) is 0. The summed E-state index contributed by atoms with van der Waals surface area (Å²) in [6.45, 7) is 1.89. The molecule has 2 radical (unpaired) electrons. The first-order valence-corrected chi connectivity index (χ1v) is 3.64. The topological polar surface area (TPSA) is 0 Å². The number of halogens is 2. The van der Waals surface area contributed by atoms with Gasteiger partial charge in [-0.05, 0) is 12.1 Å². The molecule has 7 heavy (non-hydrogen) atoms. The van der Waals surface area contributed by atoms with Crippen molar-refractivity contribution in [2.75, 3.05) is 0 Å². The summed E-state index contributed by atoms with van der Waals surface area (Å²) in [5.41, 5.74) is 0. The fraction of sp³-hybridized carbons (Fsp3) is 0.500. The van der Waals surface area contributed by atoms with Crippen molar-refractivity contribution in [3.05, 3.63) is 12.2 Å². The van der Waals surface area contributed by atoms with E-state index in [0.29, 0.717) is 15.6 Å². The molecule has 0 aromatic rings. The summed E-state index contributed by atoms with van der Waals surface area (Å²) in [6, 6.07) is 0.516. The Morgan fingerprint density at radius 3 is 2.43 bits per heavy atom. The number of hydrogen-bond donors (Lipinski definition) is 0. The Labute approximate surface area is 44.0 Å². The van der Waals surface area contributed by atoms with Crippen molar-refractivity contribution in [2.45, 2.75) is 12.6 Å². The Morgan fingerprint density at radius 1 is 1.71 bits per heavy atom. The first-order valence-electron chi connectivity index (χ1n) is 1.93. The van der Waals surface area contributed by atoms with Gasteiger partial charge in [-0.25, -0.2) is 0 Å². The summed E-state index contributed by atoms with van der Waals surface area (Å²) >= 11 is 0. The average Bonchev–Trinajstić information content (AvgIpc) is 1.61. The Kier molecular flexibility index (Phi) is 3.88. The smallest absolute Gasteiger partial charge is 0.174 e. The Bertz CT molecular complexity index is 66.1. The third kappa shape index (κ3) is 5.82. The molecule has 0 aliphatic rings. The maximum absolute atomic E-state index is 11.1. The molecule has 0 bridgehead atoms. The van der Waals surface area contributed by atoms with Crippen LogP contribution in [0.25, 0.3) is 0 Å². The average molecular weight is 120 g/mol. The van der Waals surface area contributed by atoms with Crippen LogP contribution in [-0.2, 0) is 0 Å². The fourth-order valence-corrected chi connectivity index (χ4v) is 0.538. The van der Waals surface area contributed by atoms with Crippen LogP contribution >= 0.6 is 0 Å². The van der Waals surface area contributed by atoms with Gasteiger partial charge in [-0.1, -0.05) is 6.55 Å². The minimum absolute atomic E-state index is 0.516. The van der Waals surface area contributed by atoms with E-state index in [2.05, 4.69) is 0 Å². The first-order chi connectivity index (χ1) is 3.27. The van der Waals surface area contributed by atoms with Gasteiger partial charge in [0.15, 0.2) is 0 Å². The van der Waals surface area contributed by atoms with Gasteiger partial charge in [-0.2, -0.15) is 8.78 Å². The summed E-state index contributed by atoms with van der Waals surface area (Å²) in [6.07, 6.45) is -0.618. The lowest BCUT2D eigenvalue weighted by atomic mass is 10.7. The molecule has 0 aliphatic carbocycles. The highest BCUT2D eigenvalue weighted by molar-refractivity contribution is 6.34. The van der Waals surface area contributed by atoms with E-state index >= 15 is 0 Å². The lowest BCUT2D eigenvalue weighted by Crippen LogP contribution is -1.73. The zero-order chi connectivity index (χ0) is 5.70. The maximum Gasteiger partial charge on any atom is 0.266 e. The number of rotatable bonds is 2. The maximum atomic E-state index is 11.1. The Balaban J connectivity index is 3.08. The molecule has 0 saturated heterocycles. The fourth-order valence-electron chi connectivity index (χ4n) is 0.179. The van der Waals surface area contributed by atoms with E-state index in [9.17, 15) is 8.78 Å². The SMILES string of the molecule is C[Si]CC=C(F)F. The molecule has 0 heterocycles. The predicted molar refractivity (Wildman–Crippen MR) is 26.7 cm³/mol. The molecular weight excluding hydrogens is 114 g/mol. The Morgan fingerprint density at radius 2 is 2.29 bits per heavy atom. The molecule has 0 aromatic carbocycles. The van der Waals surface area contributed by atoms with Gasteiger partial charge in [0.2, 0.25) is 0 Å². The Hall–Kier alpha value is -0.183. The molecule has 0 saturated carbocycles. The molecule has 0 nitrogen and oxygen atoms in total. The van der Waals surface area contributed by atoms with E-state index in [0.717, 1.165) is 6.08 Å². The monoisotopic (exact) mass is 120 g/mol. The highest BCUT2D eigenvalue weighted by atomic mass is 28.2. The molecule has 0 spiro atoms. The van der Waals surface area contributed by atoms with Gasteiger partial charge in [-0.15, -0.1) is 0 Å². The van der Waals surface area contributed by atoms with Crippen LogP contribution in [0.1, 0.15) is 0 Å². The van der Waals surface area contributed by atoms with Crippen molar-refractivity contribution in [3.8, 4) is 0 Å². The van der Waals surface area contributed by atoms with Crippen LogP contribution in [0.3, 0.4) is 0 Å². The third-order valence-corrected chi connectivity index (χ3v) is 1.07. The second-order valence-corrected chi connectivity index (χ2v) is 2.17. The second kappa shape index (κ2) is 3.99. The van der Waals surface area contributed by atoms with Crippen LogP contribution in [0.15, 0.2) is 12.2 Å². The largest absolute Gasteiger partial charge is 0.266 e. The highest BCUT2D eigenvalue weighted by Crippen LogP contribution is 1.97. The molecule has 40 valence electrons. The van der Waals surface area contributed by atoms with E-state index in [1.807, 2.05) is 6.55 Å². The van der Waals surface area contributed by atoms with Gasteiger partial charge < -0.3 is 0 Å². The normalized spacial score (nSPS) is 8.43. The van der Waals surface area contributed by atoms with Gasteiger partial charge in [-0.3, -0.25) is 0 Å². The molecule has 0 aromatic heterocycles. The quantitative estimate of drug-likeness (QED) is 0.488. The molecular formula is C4H6F2Si. The molecule has 0 N–H and O–H groups in total. The first kappa shape index (κ1) is 6.82. The van der Waals surface area contributed by atoms with E-state index in [4.69, 9.17) is 0 Å². The lowest BCUT2D eigenvalue weighted by molar-refractivity contribution is 0.420. The van der Waals surface area contributed by atoms with Crippen LogP contribution in [0.4, 0.5) is 8.78 Å². The molecule has 0 aliphatic heterocycles. The van der Waals surface area contributed by atoms with Gasteiger partial charge in [0.1, 0.15) is 0 Å². The van der Waals surface area contributed by atoms with Gasteiger partial charge in [0, 0.05) is 9.52 Å². The lowest BCUT2D eigenvalue weighted by Gasteiger charge is -1.77. The van der Waals surface area contributed by atoms with Gasteiger partial charge in [0.05, 0.1) is 0 Å². The predicted octanol–water partition coefficient (Wildman–Crippen LogP) is 1.94. The standard InChI is InChI=1S/C4H6F2Si/c1-7-3-2-4(5)6/h2H,3H2,1H3. The van der Waals surface area contributed by atoms with Crippen molar-refractivity contribution in [2.24, 2.45) is 0 Å². The minimum atomic E-state index is -1.56. The van der Waals surface area contributed by atoms with Crippen molar-refractivity contribution in [1.82, 2.24) is 0 Å². The molecule has 3 heteroatoms. The van der Waals surface area contributed by atoms with E-state index < -0.39 is 6.08 Å². The third-order valence-electron chi connectivity index (χ3n) is 0.460. The molecule has 0 atom stereocenters. The molecule has 0 fully saturated rings. The van der Waals surface area contributed by atoms with Crippen molar-refractivity contribution < 1.29 is 8.78 Å². The summed E-state index contributed by atoms with van der Waals surface area (Å²) in [5, 5.41) is 0. The molecule has 0 amide bonds. The van der Waals surface area contributed by atoms with Crippen LogP contribution in [0, 0.1) is 0 Å². The van der Waals surface area contributed by atoms with Gasteiger partial charge in [0.25, 0.3) is 6.08 Å². The summed E-state index contributed by atoms with van der Waals surface area (Å²) in [7, 11) is 0.594. The van der Waals surface area contributed by atoms with Crippen LogP contribution < -0.4 is 0 Å². The summed E-state index contributed by atoms with van der Waals surface area (Å²) < 4.78 is 22.2. The van der Waals surface area contributed by atoms with Crippen LogP contribution in [0.2, 0.25) is 12.6 Å². The van der Waals surface area contributed by atoms with E-state index in [1.165, 1.54) is 0 Å². The van der Waals surface area contributed by atoms with Crippen molar-refractivity contribution in [3.63, 3.8) is 0 Å². The van der Waals surface area contributed by atoms with E-state index in [1.54, 1.807) is 0 Å². The summed E-state index contributed by atoms with van der Waals surface area (Å²) in [5.74, 6) is 0. The zero-order valence-corrected chi connectivity index (χ0v) is 5.04. The van der Waals surface area contributed by atoms with E-state index in [-0.39, 0.29) is 0 Å². The number of hydrogen-bond acceptors (Lipinski definition) is 0. The highest BCUT2D eigenvalue weighted by Gasteiger charge is 1.83. The second-order valence-electron chi connectivity index (χ2n) is 1.05. The van der Waals surface area contributed by atoms with Crippen molar-refractivity contribution >= 4 is 9.52 Å². The molecule has 0 rings (SSSR count). The molecule has 0 unspecified atom stereocenters. The van der Waals surface area contributed by atoms with Crippen molar-refractivity contribution in [1.29, 1.82) is 0 Å².